The first-order valence-electron chi connectivity index (χ1n) is 16.9. The number of aliphatic carboxylic acids is 1. The third kappa shape index (κ3) is 5.38. The molecule has 5 aliphatic carbocycles. The van der Waals surface area contributed by atoms with E-state index in [0.29, 0.717) is 18.8 Å². The fraction of sp³-hybridized carbons (Fsp3) is 0.632. The second-order valence-electron chi connectivity index (χ2n) is 15.7. The van der Waals surface area contributed by atoms with Gasteiger partial charge in [0, 0.05) is 39.6 Å². The van der Waals surface area contributed by atoms with Gasteiger partial charge in [0.2, 0.25) is 0 Å². The predicted octanol–water partition coefficient (Wildman–Crippen LogP) is 7.42. The molecule has 46 heavy (non-hydrogen) atoms. The van der Waals surface area contributed by atoms with Crippen LogP contribution in [-0.2, 0) is 44.8 Å². The molecule has 7 nitrogen and oxygen atoms in total. The van der Waals surface area contributed by atoms with Gasteiger partial charge in [-0.05, 0) is 122 Å². The van der Waals surface area contributed by atoms with E-state index in [-0.39, 0.29) is 62.9 Å². The van der Waals surface area contributed by atoms with Gasteiger partial charge in [-0.15, -0.1) is 0 Å². The van der Waals surface area contributed by atoms with Crippen LogP contribution in [0.15, 0.2) is 63.6 Å². The van der Waals surface area contributed by atoms with E-state index in [0.717, 1.165) is 74.7 Å². The molecule has 0 bridgehead atoms. The van der Waals surface area contributed by atoms with E-state index >= 15 is 0 Å². The van der Waals surface area contributed by atoms with Crippen LogP contribution in [0, 0.1) is 33.5 Å². The van der Waals surface area contributed by atoms with Crippen LogP contribution in [0.25, 0.3) is 0 Å². The van der Waals surface area contributed by atoms with Crippen molar-refractivity contribution in [3.8, 4) is 0 Å². The molecule has 7 rings (SSSR count). The summed E-state index contributed by atoms with van der Waals surface area (Å²) in [5, 5.41) is 31.3. The van der Waals surface area contributed by atoms with Gasteiger partial charge in [-0.1, -0.05) is 40.2 Å². The maximum Gasteiger partial charge on any atom is 0.314 e. The second-order valence-corrected chi connectivity index (χ2v) is 15.7. The van der Waals surface area contributed by atoms with Gasteiger partial charge in [-0.25, -0.2) is 0 Å². The summed E-state index contributed by atoms with van der Waals surface area (Å²) in [4.78, 5) is 24.9. The van der Waals surface area contributed by atoms with Crippen LogP contribution in [0.4, 0.5) is 0 Å². The summed E-state index contributed by atoms with van der Waals surface area (Å²) in [7, 11) is 0. The quantitative estimate of drug-likeness (QED) is 0.217. The van der Waals surface area contributed by atoms with Crippen LogP contribution < -0.4 is 0 Å². The van der Waals surface area contributed by atoms with Gasteiger partial charge in [0.15, 0.2) is 5.78 Å². The Morgan fingerprint density at radius 3 is 2.52 bits per heavy atom. The average molecular weight is 727 g/mol. The molecule has 3 N–H and O–H groups in total. The average Bonchev–Trinajstić information content (AvgIpc) is 3.70. The summed E-state index contributed by atoms with van der Waals surface area (Å²) in [6.45, 7) is 8.56. The van der Waals surface area contributed by atoms with Gasteiger partial charge in [0.25, 0.3) is 0 Å². The van der Waals surface area contributed by atoms with Gasteiger partial charge in [-0.2, -0.15) is 0 Å². The van der Waals surface area contributed by atoms with Gasteiger partial charge < -0.3 is 24.2 Å². The molecule has 2 aromatic rings. The Balaban J connectivity index is 0.000000178. The summed E-state index contributed by atoms with van der Waals surface area (Å²) in [6, 6.07) is 4.00. The Morgan fingerprint density at radius 2 is 1.83 bits per heavy atom. The van der Waals surface area contributed by atoms with E-state index in [4.69, 9.17) is 8.83 Å². The SMILES string of the molecule is CC1(C)CCCC2(C)C1C(=O)C=CC2(O)CCc1ccoc1.CC12CCc3ccoc3C1CCC1(C(=O)O)C(CO)=CCCC12.[Ag]. The fourth-order valence-electron chi connectivity index (χ4n) is 10.8. The summed E-state index contributed by atoms with van der Waals surface area (Å²) in [6.07, 6.45) is 20.0. The molecule has 2 saturated carbocycles. The number of furan rings is 2. The number of fused-ring (bicyclic) bond motifs is 6. The van der Waals surface area contributed by atoms with Crippen LogP contribution in [0.5, 0.6) is 0 Å². The Morgan fingerprint density at radius 1 is 1.04 bits per heavy atom. The topological polar surface area (TPSA) is 121 Å². The number of rotatable bonds is 5. The van der Waals surface area contributed by atoms with Crippen molar-refractivity contribution >= 4 is 11.8 Å². The molecule has 8 heteroatoms. The fourth-order valence-corrected chi connectivity index (χ4v) is 10.8. The zero-order valence-electron chi connectivity index (χ0n) is 27.6. The second kappa shape index (κ2) is 12.7. The number of hydrogen-bond donors (Lipinski definition) is 3. The zero-order valence-corrected chi connectivity index (χ0v) is 29.1. The normalized spacial score (nSPS) is 37.2. The van der Waals surface area contributed by atoms with Gasteiger partial charge in [0.05, 0.1) is 36.4 Å². The number of carboxylic acids is 1. The van der Waals surface area contributed by atoms with E-state index in [1.54, 1.807) is 30.9 Å². The Hall–Kier alpha value is -2.16. The van der Waals surface area contributed by atoms with Crippen LogP contribution in [0.2, 0.25) is 0 Å². The molecular weight excluding hydrogens is 676 g/mol. The van der Waals surface area contributed by atoms with Crippen LogP contribution >= 0.6 is 0 Å². The van der Waals surface area contributed by atoms with Crippen LogP contribution in [-0.4, -0.2) is 39.3 Å². The minimum absolute atomic E-state index is 0. The molecule has 7 atom stereocenters. The molecule has 2 heterocycles. The Labute approximate surface area is 288 Å². The smallest absolute Gasteiger partial charge is 0.314 e. The standard InChI is InChI=1S/C19H24O4.C19H26O3.Ag/c1-18-8-5-12-7-10-23-16(12)14(18)6-9-19(17(21)22)13(11-20)3-2-4-15(18)19;1-17(2)8-4-9-18(3)16(17)15(20)6-11-19(18,21)10-5-14-7-12-22-13-14;/h3,7,10,14-15,20H,2,4-6,8-9,11H2,1H3,(H,21,22);6-7,11-13,16,21H,4-5,8-10H2,1-3H3;. The molecule has 2 fully saturated rings. The van der Waals surface area contributed by atoms with E-state index in [2.05, 4.69) is 33.8 Å². The van der Waals surface area contributed by atoms with Crippen molar-refractivity contribution in [3.63, 3.8) is 0 Å². The van der Waals surface area contributed by atoms with Crippen molar-refractivity contribution in [1.29, 1.82) is 0 Å². The largest absolute Gasteiger partial charge is 0.481 e. The van der Waals surface area contributed by atoms with Crippen molar-refractivity contribution in [2.45, 2.75) is 110 Å². The molecule has 0 spiro atoms. The van der Waals surface area contributed by atoms with E-state index in [1.807, 2.05) is 12.1 Å². The molecule has 1 radical (unpaired) electrons. The first kappa shape index (κ1) is 35.2. The number of ketones is 1. The third-order valence-corrected chi connectivity index (χ3v) is 13.1. The maximum atomic E-state index is 12.6. The van der Waals surface area contributed by atoms with Crippen molar-refractivity contribution < 1.29 is 56.1 Å². The van der Waals surface area contributed by atoms with Crippen molar-refractivity contribution in [2.24, 2.45) is 33.5 Å². The number of allylic oxidation sites excluding steroid dienone is 2. The number of carbonyl (C=O) groups is 2. The first-order valence-corrected chi connectivity index (χ1v) is 16.9. The van der Waals surface area contributed by atoms with Gasteiger partial charge >= 0.3 is 5.97 Å². The molecule has 0 saturated heterocycles. The van der Waals surface area contributed by atoms with Crippen molar-refractivity contribution in [1.82, 2.24) is 0 Å². The van der Waals surface area contributed by atoms with Gasteiger partial charge in [0.1, 0.15) is 5.76 Å². The Bertz CT molecular complexity index is 1490. The molecule has 255 valence electrons. The number of hydrogen-bond acceptors (Lipinski definition) is 6. The summed E-state index contributed by atoms with van der Waals surface area (Å²) in [5.41, 5.74) is 0.783. The Kier molecular flexibility index (Phi) is 9.71. The minimum atomic E-state index is -0.930. The number of aliphatic hydroxyl groups is 2. The molecule has 0 aromatic carbocycles. The first-order chi connectivity index (χ1) is 21.3. The molecule has 0 amide bonds. The molecular formula is C38H50AgO7. The van der Waals surface area contributed by atoms with E-state index in [9.17, 15) is 24.9 Å². The van der Waals surface area contributed by atoms with Gasteiger partial charge in [-0.3, -0.25) is 9.59 Å². The van der Waals surface area contributed by atoms with E-state index < -0.39 is 17.0 Å². The summed E-state index contributed by atoms with van der Waals surface area (Å²) < 4.78 is 10.9. The molecule has 0 aliphatic heterocycles. The monoisotopic (exact) mass is 725 g/mol. The maximum absolute atomic E-state index is 12.6. The van der Waals surface area contributed by atoms with Crippen LogP contribution in [0.1, 0.15) is 108 Å². The molecule has 5 aliphatic rings. The predicted molar refractivity (Wildman–Crippen MR) is 170 cm³/mol. The van der Waals surface area contributed by atoms with E-state index in [1.165, 1.54) is 5.56 Å². The molecule has 7 unspecified atom stereocenters. The number of aliphatic hydroxyl groups excluding tert-OH is 1. The summed E-state index contributed by atoms with van der Waals surface area (Å²) >= 11 is 0. The van der Waals surface area contributed by atoms with Crippen molar-refractivity contribution in [2.75, 3.05) is 6.61 Å². The van der Waals surface area contributed by atoms with Crippen molar-refractivity contribution in [3.05, 3.63) is 71.6 Å². The molecule has 2 aromatic heterocycles. The number of carboxylic acid groups (broad SMARTS) is 1. The van der Waals surface area contributed by atoms with Crippen LogP contribution in [0.3, 0.4) is 0 Å². The number of aryl methyl sites for hydroxylation is 2. The summed E-state index contributed by atoms with van der Waals surface area (Å²) in [5.74, 6) is 0.770. The number of carbonyl (C=O) groups excluding carboxylic acids is 1. The third-order valence-electron chi connectivity index (χ3n) is 13.1. The minimum Gasteiger partial charge on any atom is -0.481 e. The zero-order chi connectivity index (χ0) is 32.3.